The Morgan fingerprint density at radius 1 is 1.39 bits per heavy atom. The summed E-state index contributed by atoms with van der Waals surface area (Å²) in [6.07, 6.45) is 3.92. The van der Waals surface area contributed by atoms with Crippen LogP contribution in [0.2, 0.25) is 5.15 Å². The number of hydrogen-bond acceptors (Lipinski definition) is 3. The van der Waals surface area contributed by atoms with Crippen LogP contribution in [-0.4, -0.2) is 38.7 Å². The third kappa shape index (κ3) is 3.11. The van der Waals surface area contributed by atoms with Gasteiger partial charge < -0.3 is 4.90 Å². The molecule has 0 aliphatic carbocycles. The van der Waals surface area contributed by atoms with Gasteiger partial charge >= 0.3 is 0 Å². The Hall–Kier alpha value is -1.88. The fraction of sp³-hybridized carbons (Fsp3) is 0.471. The molecule has 23 heavy (non-hydrogen) atoms. The van der Waals surface area contributed by atoms with Crippen molar-refractivity contribution in [2.75, 3.05) is 13.1 Å². The number of likely N-dealkylation sites (tertiary alicyclic amines) is 1. The molecule has 0 N–H and O–H groups in total. The highest BCUT2D eigenvalue weighted by Gasteiger charge is 2.42. The number of aryl methyl sites for hydroxylation is 2. The molecule has 3 rings (SSSR count). The van der Waals surface area contributed by atoms with Gasteiger partial charge in [0.15, 0.2) is 0 Å². The molecule has 0 bridgehead atoms. The minimum Gasteiger partial charge on any atom is -0.336 e. The Bertz CT molecular complexity index is 733. The molecule has 1 unspecified atom stereocenters. The van der Waals surface area contributed by atoms with Crippen molar-refractivity contribution in [3.05, 3.63) is 46.5 Å². The van der Waals surface area contributed by atoms with Crippen molar-refractivity contribution in [1.29, 1.82) is 0 Å². The first-order valence-electron chi connectivity index (χ1n) is 7.68. The molecule has 6 heteroatoms. The predicted molar refractivity (Wildman–Crippen MR) is 89.6 cm³/mol. The summed E-state index contributed by atoms with van der Waals surface area (Å²) in [7, 11) is 1.91. The Morgan fingerprint density at radius 3 is 2.74 bits per heavy atom. The Morgan fingerprint density at radius 2 is 2.13 bits per heavy atom. The van der Waals surface area contributed by atoms with E-state index in [1.807, 2.05) is 31.3 Å². The summed E-state index contributed by atoms with van der Waals surface area (Å²) in [5.74, 6) is 0.204. The normalized spacial score (nSPS) is 20.0. The predicted octanol–water partition coefficient (Wildman–Crippen LogP) is 3.04. The van der Waals surface area contributed by atoms with Gasteiger partial charge in [-0.2, -0.15) is 5.10 Å². The second-order valence-electron chi connectivity index (χ2n) is 7.03. The quantitative estimate of drug-likeness (QED) is 0.794. The molecule has 0 saturated carbocycles. The van der Waals surface area contributed by atoms with Crippen molar-refractivity contribution in [2.24, 2.45) is 12.5 Å². The van der Waals surface area contributed by atoms with Crippen molar-refractivity contribution in [3.8, 4) is 0 Å². The van der Waals surface area contributed by atoms with Crippen molar-refractivity contribution < 1.29 is 4.79 Å². The van der Waals surface area contributed by atoms with E-state index in [-0.39, 0.29) is 17.2 Å². The maximum Gasteiger partial charge on any atom is 0.272 e. The highest BCUT2D eigenvalue weighted by atomic mass is 35.5. The fourth-order valence-corrected chi connectivity index (χ4v) is 3.63. The zero-order chi connectivity index (χ0) is 16.8. The lowest BCUT2D eigenvalue weighted by molar-refractivity contribution is 0.0772. The summed E-state index contributed by atoms with van der Waals surface area (Å²) in [6, 6.07) is 3.54. The highest BCUT2D eigenvalue weighted by molar-refractivity contribution is 6.29. The first-order chi connectivity index (χ1) is 10.8. The summed E-state index contributed by atoms with van der Waals surface area (Å²) in [5, 5.41) is 4.62. The minimum absolute atomic E-state index is 0.00763. The van der Waals surface area contributed by atoms with Crippen LogP contribution in [0.3, 0.4) is 0 Å². The number of amides is 1. The van der Waals surface area contributed by atoms with E-state index in [0.717, 1.165) is 5.56 Å². The highest BCUT2D eigenvalue weighted by Crippen LogP contribution is 2.42. The van der Waals surface area contributed by atoms with Gasteiger partial charge in [-0.25, -0.2) is 4.98 Å². The number of halogens is 1. The van der Waals surface area contributed by atoms with Gasteiger partial charge in [0.25, 0.3) is 5.91 Å². The van der Waals surface area contributed by atoms with Gasteiger partial charge in [0.1, 0.15) is 10.8 Å². The molecular formula is C17H21ClN4O. The number of nitrogens with zero attached hydrogens (tertiary/aromatic N) is 4. The molecule has 1 atom stereocenters. The summed E-state index contributed by atoms with van der Waals surface area (Å²) in [5.41, 5.74) is 2.52. The van der Waals surface area contributed by atoms with E-state index in [9.17, 15) is 4.79 Å². The third-order valence-corrected chi connectivity index (χ3v) is 4.71. The van der Waals surface area contributed by atoms with E-state index in [4.69, 9.17) is 11.6 Å². The summed E-state index contributed by atoms with van der Waals surface area (Å²) in [4.78, 5) is 18.9. The molecule has 122 valence electrons. The van der Waals surface area contributed by atoms with E-state index >= 15 is 0 Å². The van der Waals surface area contributed by atoms with Crippen molar-refractivity contribution in [3.63, 3.8) is 0 Å². The summed E-state index contributed by atoms with van der Waals surface area (Å²) in [6.45, 7) is 7.66. The average Bonchev–Trinajstić information content (AvgIpc) is 2.99. The van der Waals surface area contributed by atoms with Crippen LogP contribution in [0, 0.1) is 12.3 Å². The van der Waals surface area contributed by atoms with Crippen molar-refractivity contribution >= 4 is 17.5 Å². The second kappa shape index (κ2) is 5.64. The molecule has 0 radical (unpaired) electrons. The maximum atomic E-state index is 12.8. The van der Waals surface area contributed by atoms with Gasteiger partial charge in [0.2, 0.25) is 0 Å². The van der Waals surface area contributed by atoms with Gasteiger partial charge in [-0.1, -0.05) is 25.4 Å². The lowest BCUT2D eigenvalue weighted by Crippen LogP contribution is -2.30. The van der Waals surface area contributed by atoms with Crippen LogP contribution in [0.25, 0.3) is 0 Å². The SMILES string of the molecule is Cc1cc(Cl)nc(C(=O)N2CC(c3cnn(C)c3)C(C)(C)C2)c1. The van der Waals surface area contributed by atoms with Crippen LogP contribution >= 0.6 is 11.6 Å². The largest absolute Gasteiger partial charge is 0.336 e. The lowest BCUT2D eigenvalue weighted by atomic mass is 9.79. The standard InChI is InChI=1S/C17H21ClN4O/c1-11-5-14(20-15(18)6-11)16(23)22-9-13(17(2,3)10-22)12-7-19-21(4)8-12/h5-8,13H,9-10H2,1-4H3. The first kappa shape index (κ1) is 16.0. The summed E-state index contributed by atoms with van der Waals surface area (Å²) < 4.78 is 1.80. The Labute approximate surface area is 141 Å². The number of rotatable bonds is 2. The number of aromatic nitrogens is 3. The molecular weight excluding hydrogens is 312 g/mol. The van der Waals surface area contributed by atoms with Crippen LogP contribution in [0.5, 0.6) is 0 Å². The van der Waals surface area contributed by atoms with E-state index in [2.05, 4.69) is 23.9 Å². The van der Waals surface area contributed by atoms with Crippen LogP contribution < -0.4 is 0 Å². The maximum absolute atomic E-state index is 12.8. The number of carbonyl (C=O) groups excluding carboxylic acids is 1. The molecule has 1 fully saturated rings. The molecule has 1 aliphatic heterocycles. The van der Waals surface area contributed by atoms with Crippen LogP contribution in [0.4, 0.5) is 0 Å². The number of hydrogen-bond donors (Lipinski definition) is 0. The number of carbonyl (C=O) groups is 1. The molecule has 1 amide bonds. The van der Waals surface area contributed by atoms with E-state index in [1.54, 1.807) is 16.8 Å². The van der Waals surface area contributed by atoms with Gasteiger partial charge in [0, 0.05) is 32.3 Å². The molecule has 5 nitrogen and oxygen atoms in total. The van der Waals surface area contributed by atoms with Gasteiger partial charge in [0.05, 0.1) is 6.20 Å². The zero-order valence-corrected chi connectivity index (χ0v) is 14.6. The van der Waals surface area contributed by atoms with Crippen LogP contribution in [0.15, 0.2) is 24.5 Å². The minimum atomic E-state index is -0.0601. The van der Waals surface area contributed by atoms with Crippen molar-refractivity contribution in [1.82, 2.24) is 19.7 Å². The summed E-state index contributed by atoms with van der Waals surface area (Å²) >= 11 is 5.99. The molecule has 2 aromatic heterocycles. The molecule has 0 aromatic carbocycles. The lowest BCUT2D eigenvalue weighted by Gasteiger charge is -2.24. The third-order valence-electron chi connectivity index (χ3n) is 4.52. The molecule has 3 heterocycles. The average molecular weight is 333 g/mol. The van der Waals surface area contributed by atoms with Crippen LogP contribution in [-0.2, 0) is 7.05 Å². The first-order valence-corrected chi connectivity index (χ1v) is 8.06. The molecule has 0 spiro atoms. The second-order valence-corrected chi connectivity index (χ2v) is 7.41. The van der Waals surface area contributed by atoms with Gasteiger partial charge in [-0.3, -0.25) is 9.48 Å². The molecule has 2 aromatic rings. The van der Waals surface area contributed by atoms with Gasteiger partial charge in [-0.15, -0.1) is 0 Å². The molecule has 1 aliphatic rings. The van der Waals surface area contributed by atoms with E-state index in [1.165, 1.54) is 5.56 Å². The van der Waals surface area contributed by atoms with Crippen LogP contribution in [0.1, 0.15) is 41.4 Å². The van der Waals surface area contributed by atoms with E-state index < -0.39 is 0 Å². The fourth-order valence-electron chi connectivity index (χ4n) is 3.36. The zero-order valence-electron chi connectivity index (χ0n) is 13.9. The smallest absolute Gasteiger partial charge is 0.272 e. The monoisotopic (exact) mass is 332 g/mol. The van der Waals surface area contributed by atoms with Crippen molar-refractivity contribution in [2.45, 2.75) is 26.7 Å². The van der Waals surface area contributed by atoms with E-state index in [0.29, 0.717) is 23.9 Å². The number of pyridine rings is 1. The van der Waals surface area contributed by atoms with Gasteiger partial charge in [-0.05, 0) is 35.6 Å². The Kier molecular flexibility index (Phi) is 3.92. The topological polar surface area (TPSA) is 51.0 Å². The Balaban J connectivity index is 1.86. The molecule has 1 saturated heterocycles.